The third-order valence-electron chi connectivity index (χ3n) is 5.22. The number of nitrogens with zero attached hydrogens (tertiary/aromatic N) is 2. The van der Waals surface area contributed by atoms with Gasteiger partial charge in [-0.1, -0.05) is 25.5 Å². The van der Waals surface area contributed by atoms with Crippen molar-refractivity contribution in [3.8, 4) is 6.07 Å². The number of hydrogen-bond acceptors (Lipinski definition) is 7. The number of sulfonamides is 1. The van der Waals surface area contributed by atoms with Crippen LogP contribution in [0.3, 0.4) is 0 Å². The van der Waals surface area contributed by atoms with Crippen molar-refractivity contribution in [1.82, 2.24) is 0 Å². The number of anilines is 2. The maximum Gasteiger partial charge on any atom is 0.422 e. The summed E-state index contributed by atoms with van der Waals surface area (Å²) < 4.78 is 67.5. The monoisotopic (exact) mass is 551 g/mol. The fourth-order valence-electron chi connectivity index (χ4n) is 3.26. The van der Waals surface area contributed by atoms with E-state index in [-0.39, 0.29) is 23.4 Å². The Kier molecular flexibility index (Phi) is 10.9. The molecule has 0 aliphatic carbocycles. The molecular formula is C26H28F3N3O5S. The second kappa shape index (κ2) is 13.6. The van der Waals surface area contributed by atoms with Gasteiger partial charge in [0.15, 0.2) is 6.61 Å². The lowest BCUT2D eigenvalue weighted by Crippen LogP contribution is -2.32. The average molecular weight is 552 g/mol. The highest BCUT2D eigenvalue weighted by molar-refractivity contribution is 7.92. The number of ether oxygens (including phenoxy) is 1. The first-order valence-corrected chi connectivity index (χ1v) is 13.4. The molecule has 8 nitrogen and oxygen atoms in total. The molecule has 0 radical (unpaired) electrons. The van der Waals surface area contributed by atoms with Gasteiger partial charge in [0.1, 0.15) is 18.2 Å². The quantitative estimate of drug-likeness (QED) is 0.162. The van der Waals surface area contributed by atoms with Crippen LogP contribution < -0.4 is 9.62 Å². The van der Waals surface area contributed by atoms with Crippen molar-refractivity contribution in [2.75, 3.05) is 35.1 Å². The second-order valence-corrected chi connectivity index (χ2v) is 10.1. The second-order valence-electron chi connectivity index (χ2n) is 8.23. The molecule has 0 aliphatic rings. The van der Waals surface area contributed by atoms with Crippen LogP contribution in [0.2, 0.25) is 0 Å². The number of carbonyl (C=O) groups is 2. The lowest BCUT2D eigenvalue weighted by atomic mass is 10.0. The third kappa shape index (κ3) is 9.89. The number of alkyl halides is 3. The Labute approximate surface area is 219 Å². The molecule has 0 aromatic heterocycles. The molecule has 2 aromatic rings. The van der Waals surface area contributed by atoms with Gasteiger partial charge in [-0.05, 0) is 61.4 Å². The van der Waals surface area contributed by atoms with E-state index in [1.807, 2.05) is 13.0 Å². The van der Waals surface area contributed by atoms with Crippen molar-refractivity contribution in [2.24, 2.45) is 0 Å². The minimum atomic E-state index is -4.61. The Balaban J connectivity index is 2.10. The van der Waals surface area contributed by atoms with E-state index in [9.17, 15) is 36.4 Å². The van der Waals surface area contributed by atoms with Crippen molar-refractivity contribution >= 4 is 39.2 Å². The fourth-order valence-corrected chi connectivity index (χ4v) is 4.52. The van der Waals surface area contributed by atoms with Crippen molar-refractivity contribution in [2.45, 2.75) is 32.9 Å². The Morgan fingerprint density at radius 2 is 1.71 bits per heavy atom. The van der Waals surface area contributed by atoms with E-state index in [4.69, 9.17) is 0 Å². The Bertz CT molecular complexity index is 1280. The predicted octanol–water partition coefficient (Wildman–Crippen LogP) is 4.95. The van der Waals surface area contributed by atoms with Gasteiger partial charge in [-0.15, -0.1) is 0 Å². The molecule has 0 saturated heterocycles. The maximum absolute atomic E-state index is 12.8. The maximum atomic E-state index is 12.8. The number of benzene rings is 2. The van der Waals surface area contributed by atoms with E-state index in [1.54, 1.807) is 31.2 Å². The van der Waals surface area contributed by atoms with Crippen LogP contribution in [0.5, 0.6) is 0 Å². The predicted molar refractivity (Wildman–Crippen MR) is 138 cm³/mol. The third-order valence-corrected chi connectivity index (χ3v) is 6.59. The van der Waals surface area contributed by atoms with E-state index >= 15 is 0 Å². The van der Waals surface area contributed by atoms with E-state index in [0.717, 1.165) is 6.42 Å². The highest BCUT2D eigenvalue weighted by Crippen LogP contribution is 2.20. The molecule has 2 rings (SSSR count). The summed E-state index contributed by atoms with van der Waals surface area (Å²) in [5, 5.41) is 9.53. The summed E-state index contributed by atoms with van der Waals surface area (Å²) in [5.74, 6) is -1.59. The number of esters is 1. The molecule has 0 amide bonds. The summed E-state index contributed by atoms with van der Waals surface area (Å²) in [5.41, 5.74) is 1.39. The molecule has 0 bridgehead atoms. The lowest BCUT2D eigenvalue weighted by Gasteiger charge is -2.22. The number of allylic oxidation sites excluding steroid dienone is 1. The Hall–Kier alpha value is -3.85. The summed E-state index contributed by atoms with van der Waals surface area (Å²) in [4.78, 5) is 26.1. The summed E-state index contributed by atoms with van der Waals surface area (Å²) in [7, 11) is -3.49. The minimum Gasteiger partial charge on any atom is -0.455 e. The molecule has 0 heterocycles. The van der Waals surface area contributed by atoms with E-state index in [0.29, 0.717) is 29.9 Å². The zero-order chi connectivity index (χ0) is 28.3. The number of halogens is 3. The van der Waals surface area contributed by atoms with Gasteiger partial charge in [0, 0.05) is 23.5 Å². The Morgan fingerprint density at radius 1 is 1.08 bits per heavy atom. The molecular weight excluding hydrogens is 523 g/mol. The number of nitriles is 1. The standard InChI is InChI=1S/C26H28F3N3O5S/c1-3-5-14-38(35,36)31-22-10-8-20(9-11-22)25(34)21(16-30)15-19-6-12-23(13-7-19)32(4-2)17-24(33)37-18-26(27,28)29/h6-13,15,31H,3-5,14,17-18H2,1-2H3. The van der Waals surface area contributed by atoms with Gasteiger partial charge in [0.25, 0.3) is 0 Å². The van der Waals surface area contributed by atoms with Crippen LogP contribution in [0.4, 0.5) is 24.5 Å². The van der Waals surface area contributed by atoms with Crippen molar-refractivity contribution in [3.63, 3.8) is 0 Å². The van der Waals surface area contributed by atoms with Gasteiger partial charge in [0.2, 0.25) is 15.8 Å². The van der Waals surface area contributed by atoms with Gasteiger partial charge in [-0.25, -0.2) is 8.42 Å². The number of ketones is 1. The van der Waals surface area contributed by atoms with E-state index in [2.05, 4.69) is 9.46 Å². The number of unbranched alkanes of at least 4 members (excludes halogenated alkanes) is 1. The summed E-state index contributed by atoms with van der Waals surface area (Å²) in [6, 6.07) is 14.0. The molecule has 0 aliphatic heterocycles. The minimum absolute atomic E-state index is 0.0115. The lowest BCUT2D eigenvalue weighted by molar-refractivity contribution is -0.185. The van der Waals surface area contributed by atoms with Gasteiger partial charge >= 0.3 is 12.1 Å². The van der Waals surface area contributed by atoms with E-state index in [1.165, 1.54) is 35.2 Å². The zero-order valence-corrected chi connectivity index (χ0v) is 21.7. The van der Waals surface area contributed by atoms with Crippen molar-refractivity contribution in [3.05, 3.63) is 65.2 Å². The SMILES string of the molecule is CCCCS(=O)(=O)Nc1ccc(C(=O)C(C#N)=Cc2ccc(N(CC)CC(=O)OCC(F)(F)F)cc2)cc1. The van der Waals surface area contributed by atoms with Gasteiger partial charge in [-0.3, -0.25) is 14.3 Å². The van der Waals surface area contributed by atoms with Gasteiger partial charge in [0.05, 0.1) is 5.75 Å². The van der Waals surface area contributed by atoms with E-state index < -0.39 is 34.6 Å². The molecule has 0 unspecified atom stereocenters. The number of nitrogens with one attached hydrogen (secondary N) is 1. The molecule has 12 heteroatoms. The van der Waals surface area contributed by atoms with Crippen LogP contribution >= 0.6 is 0 Å². The van der Waals surface area contributed by atoms with Gasteiger partial charge < -0.3 is 9.64 Å². The summed E-state index contributed by atoms with van der Waals surface area (Å²) >= 11 is 0. The topological polar surface area (TPSA) is 117 Å². The van der Waals surface area contributed by atoms with Crippen LogP contribution in [0, 0.1) is 11.3 Å². The number of rotatable bonds is 13. The largest absolute Gasteiger partial charge is 0.455 e. The fraction of sp³-hybridized carbons (Fsp3) is 0.346. The highest BCUT2D eigenvalue weighted by atomic mass is 32.2. The van der Waals surface area contributed by atoms with Crippen molar-refractivity contribution in [1.29, 1.82) is 5.26 Å². The molecule has 0 saturated carbocycles. The molecule has 1 N–H and O–H groups in total. The number of carbonyl (C=O) groups excluding carboxylic acids is 2. The summed E-state index contributed by atoms with van der Waals surface area (Å²) in [6.07, 6.45) is -1.98. The first kappa shape index (κ1) is 30.4. The van der Waals surface area contributed by atoms with Gasteiger partial charge in [-0.2, -0.15) is 18.4 Å². The molecule has 38 heavy (non-hydrogen) atoms. The van der Waals surface area contributed by atoms with Crippen molar-refractivity contribution < 1.29 is 35.9 Å². The normalized spacial score (nSPS) is 11.9. The van der Waals surface area contributed by atoms with Crippen LogP contribution in [0.25, 0.3) is 6.08 Å². The molecule has 0 fully saturated rings. The molecule has 0 atom stereocenters. The highest BCUT2D eigenvalue weighted by Gasteiger charge is 2.29. The van der Waals surface area contributed by atoms with Crippen LogP contribution in [-0.4, -0.2) is 51.8 Å². The smallest absolute Gasteiger partial charge is 0.422 e. The first-order chi connectivity index (χ1) is 17.9. The summed E-state index contributed by atoms with van der Waals surface area (Å²) in [6.45, 7) is 1.89. The number of likely N-dealkylation sites (N-methyl/N-ethyl adjacent to an activating group) is 1. The molecule has 0 spiro atoms. The first-order valence-electron chi connectivity index (χ1n) is 11.7. The zero-order valence-electron chi connectivity index (χ0n) is 20.9. The number of Topliss-reactive ketones (excluding diaryl/α,β-unsaturated/α-hetero) is 1. The molecule has 2 aromatic carbocycles. The average Bonchev–Trinajstić information content (AvgIpc) is 2.88. The number of hydrogen-bond donors (Lipinski definition) is 1. The van der Waals surface area contributed by atoms with Crippen LogP contribution in [-0.2, 0) is 19.6 Å². The van der Waals surface area contributed by atoms with Crippen LogP contribution in [0.1, 0.15) is 42.6 Å². The Morgan fingerprint density at radius 3 is 2.24 bits per heavy atom. The molecule has 204 valence electrons. The van der Waals surface area contributed by atoms with Crippen LogP contribution in [0.15, 0.2) is 54.1 Å².